The summed E-state index contributed by atoms with van der Waals surface area (Å²) in [6.45, 7) is 0. The molecular weight excluding hydrogens is 327 g/mol. The molecule has 1 aromatic heterocycles. The summed E-state index contributed by atoms with van der Waals surface area (Å²) in [7, 11) is 0. The van der Waals surface area contributed by atoms with Gasteiger partial charge in [0.05, 0.1) is 9.26 Å². The Hall–Kier alpha value is -1.17. The van der Waals surface area contributed by atoms with Crippen LogP contribution in [0.4, 0.5) is 0 Å². The lowest BCUT2D eigenvalue weighted by molar-refractivity contribution is 0.958. The van der Waals surface area contributed by atoms with Crippen LogP contribution in [0.2, 0.25) is 0 Å². The zero-order valence-corrected chi connectivity index (χ0v) is 11.3. The van der Waals surface area contributed by atoms with Gasteiger partial charge in [0, 0.05) is 11.5 Å². The number of nitrogens with one attached hydrogen (secondary N) is 1. The minimum Gasteiger partial charge on any atom is -0.306 e. The largest absolute Gasteiger partial charge is 0.306 e. The Balaban J connectivity index is 2.15. The van der Waals surface area contributed by atoms with E-state index < -0.39 is 0 Å². The molecule has 0 saturated heterocycles. The van der Waals surface area contributed by atoms with Gasteiger partial charge in [0.2, 0.25) is 0 Å². The van der Waals surface area contributed by atoms with Crippen molar-refractivity contribution in [1.29, 1.82) is 0 Å². The number of aromatic nitrogens is 2. The molecule has 4 heteroatoms. The highest BCUT2D eigenvalue weighted by Gasteiger charge is 2.28. The van der Waals surface area contributed by atoms with Crippen LogP contribution in [0.15, 0.2) is 35.1 Å². The van der Waals surface area contributed by atoms with Crippen molar-refractivity contribution in [2.45, 2.75) is 18.8 Å². The second-order valence-electron chi connectivity index (χ2n) is 4.25. The maximum absolute atomic E-state index is 11.9. The van der Waals surface area contributed by atoms with E-state index in [9.17, 15) is 4.79 Å². The molecule has 1 aliphatic carbocycles. The number of hydrogen-bond acceptors (Lipinski definition) is 2. The molecule has 0 aliphatic heterocycles. The molecule has 17 heavy (non-hydrogen) atoms. The lowest BCUT2D eigenvalue weighted by atomic mass is 10.2. The smallest absolute Gasteiger partial charge is 0.264 e. The molecule has 0 atom stereocenters. The predicted molar refractivity (Wildman–Crippen MR) is 75.0 cm³/mol. The number of benzene rings is 1. The van der Waals surface area contributed by atoms with Crippen LogP contribution < -0.4 is 5.56 Å². The van der Waals surface area contributed by atoms with Gasteiger partial charge in [0.25, 0.3) is 5.56 Å². The molecule has 3 rings (SSSR count). The molecule has 0 spiro atoms. The van der Waals surface area contributed by atoms with Crippen LogP contribution in [0, 0.1) is 3.57 Å². The normalized spacial score (nSPS) is 14.9. The van der Waals surface area contributed by atoms with Crippen molar-refractivity contribution in [3.05, 3.63) is 49.9 Å². The molecule has 3 nitrogen and oxygen atoms in total. The van der Waals surface area contributed by atoms with Gasteiger partial charge in [-0.15, -0.1) is 0 Å². The fraction of sp³-hybridized carbons (Fsp3) is 0.231. The van der Waals surface area contributed by atoms with Crippen LogP contribution in [0.5, 0.6) is 0 Å². The fourth-order valence-electron chi connectivity index (χ4n) is 1.84. The van der Waals surface area contributed by atoms with Crippen molar-refractivity contribution in [3.63, 3.8) is 0 Å². The third-order valence-corrected chi connectivity index (χ3v) is 3.94. The first-order chi connectivity index (χ1) is 8.25. The first-order valence-corrected chi connectivity index (χ1v) is 6.68. The summed E-state index contributed by atoms with van der Waals surface area (Å²) in [5, 5.41) is 0. The quantitative estimate of drug-likeness (QED) is 0.856. The van der Waals surface area contributed by atoms with Crippen molar-refractivity contribution in [3.8, 4) is 11.4 Å². The molecule has 0 unspecified atom stereocenters. The maximum atomic E-state index is 11.9. The van der Waals surface area contributed by atoms with E-state index in [1.54, 1.807) is 0 Å². The van der Waals surface area contributed by atoms with Crippen LogP contribution in [-0.2, 0) is 0 Å². The molecular formula is C13H11IN2O. The zero-order chi connectivity index (χ0) is 11.8. The highest BCUT2D eigenvalue weighted by Crippen LogP contribution is 2.40. The minimum absolute atomic E-state index is 0.0265. The summed E-state index contributed by atoms with van der Waals surface area (Å²) in [5.74, 6) is 1.17. The van der Waals surface area contributed by atoms with Gasteiger partial charge in [-0.1, -0.05) is 30.3 Å². The van der Waals surface area contributed by atoms with Gasteiger partial charge in [0.1, 0.15) is 5.82 Å². The van der Waals surface area contributed by atoms with E-state index in [4.69, 9.17) is 0 Å². The highest BCUT2D eigenvalue weighted by atomic mass is 127. The first-order valence-electron chi connectivity index (χ1n) is 5.61. The van der Waals surface area contributed by atoms with Crippen LogP contribution in [-0.4, -0.2) is 9.97 Å². The third kappa shape index (κ3) is 2.13. The van der Waals surface area contributed by atoms with Crippen LogP contribution in [0.3, 0.4) is 0 Å². The second-order valence-corrected chi connectivity index (χ2v) is 5.33. The summed E-state index contributed by atoms with van der Waals surface area (Å²) >= 11 is 2.09. The first kappa shape index (κ1) is 11.0. The van der Waals surface area contributed by atoms with Gasteiger partial charge in [0.15, 0.2) is 0 Å². The maximum Gasteiger partial charge on any atom is 0.264 e. The highest BCUT2D eigenvalue weighted by molar-refractivity contribution is 14.1. The number of H-pyrrole nitrogens is 1. The minimum atomic E-state index is -0.0265. The molecule has 1 N–H and O–H groups in total. The zero-order valence-electron chi connectivity index (χ0n) is 9.11. The van der Waals surface area contributed by atoms with Crippen LogP contribution in [0.1, 0.15) is 24.5 Å². The Morgan fingerprint density at radius 2 is 1.94 bits per heavy atom. The summed E-state index contributed by atoms with van der Waals surface area (Å²) in [6.07, 6.45) is 2.31. The number of nitrogens with zero attached hydrogens (tertiary/aromatic N) is 1. The van der Waals surface area contributed by atoms with E-state index in [1.807, 2.05) is 30.3 Å². The van der Waals surface area contributed by atoms with E-state index in [0.717, 1.165) is 27.7 Å². The molecule has 1 aliphatic rings. The summed E-state index contributed by atoms with van der Waals surface area (Å²) in [6, 6.07) is 9.77. The molecule has 1 heterocycles. The van der Waals surface area contributed by atoms with Gasteiger partial charge in [-0.3, -0.25) is 4.79 Å². The standard InChI is InChI=1S/C13H11IN2O/c14-10-11(8-6-7-8)15-12(16-13(10)17)9-4-2-1-3-5-9/h1-5,8H,6-7H2,(H,15,16,17). The fourth-order valence-corrected chi connectivity index (χ4v) is 2.53. The van der Waals surface area contributed by atoms with Gasteiger partial charge in [-0.2, -0.15) is 0 Å². The van der Waals surface area contributed by atoms with Gasteiger partial charge in [-0.25, -0.2) is 4.98 Å². The molecule has 2 aromatic rings. The Labute approximate surface area is 112 Å². The van der Waals surface area contributed by atoms with Crippen molar-refractivity contribution in [2.75, 3.05) is 0 Å². The monoisotopic (exact) mass is 338 g/mol. The molecule has 1 fully saturated rings. The number of aromatic amines is 1. The predicted octanol–water partition coefficient (Wildman–Crippen LogP) is 2.92. The van der Waals surface area contributed by atoms with E-state index >= 15 is 0 Å². The Morgan fingerprint density at radius 3 is 2.59 bits per heavy atom. The number of hydrogen-bond donors (Lipinski definition) is 1. The molecule has 1 saturated carbocycles. The lowest BCUT2D eigenvalue weighted by Gasteiger charge is -2.05. The van der Waals surface area contributed by atoms with E-state index in [1.165, 1.54) is 0 Å². The van der Waals surface area contributed by atoms with E-state index in [0.29, 0.717) is 11.7 Å². The average Bonchev–Trinajstić information content (AvgIpc) is 3.18. The van der Waals surface area contributed by atoms with Crippen molar-refractivity contribution >= 4 is 22.6 Å². The molecule has 86 valence electrons. The Kier molecular flexibility index (Phi) is 2.74. The Bertz CT molecular complexity index is 603. The number of rotatable bonds is 2. The van der Waals surface area contributed by atoms with E-state index in [2.05, 4.69) is 32.6 Å². The van der Waals surface area contributed by atoms with E-state index in [-0.39, 0.29) is 5.56 Å². The topological polar surface area (TPSA) is 45.8 Å². The summed E-state index contributed by atoms with van der Waals surface area (Å²) in [4.78, 5) is 19.3. The van der Waals surface area contributed by atoms with Crippen LogP contribution in [0.25, 0.3) is 11.4 Å². The number of halogens is 1. The second kappa shape index (κ2) is 4.25. The van der Waals surface area contributed by atoms with Crippen molar-refractivity contribution in [2.24, 2.45) is 0 Å². The SMILES string of the molecule is O=c1[nH]c(-c2ccccc2)nc(C2CC2)c1I. The van der Waals surface area contributed by atoms with Crippen molar-refractivity contribution < 1.29 is 0 Å². The molecule has 0 amide bonds. The Morgan fingerprint density at radius 1 is 1.24 bits per heavy atom. The van der Waals surface area contributed by atoms with Crippen molar-refractivity contribution in [1.82, 2.24) is 9.97 Å². The molecule has 0 bridgehead atoms. The third-order valence-electron chi connectivity index (χ3n) is 2.90. The molecule has 0 radical (unpaired) electrons. The summed E-state index contributed by atoms with van der Waals surface area (Å²) < 4.78 is 0.741. The lowest BCUT2D eigenvalue weighted by Crippen LogP contribution is -2.15. The average molecular weight is 338 g/mol. The molecule has 1 aromatic carbocycles. The summed E-state index contributed by atoms with van der Waals surface area (Å²) in [5.41, 5.74) is 1.90. The van der Waals surface area contributed by atoms with Gasteiger partial charge < -0.3 is 4.98 Å². The van der Waals surface area contributed by atoms with Crippen LogP contribution >= 0.6 is 22.6 Å². The van der Waals surface area contributed by atoms with Gasteiger partial charge in [-0.05, 0) is 35.4 Å². The van der Waals surface area contributed by atoms with Gasteiger partial charge >= 0.3 is 0 Å².